The molecule has 1 atom stereocenters. The van der Waals surface area contributed by atoms with Crippen molar-refractivity contribution in [1.29, 1.82) is 0 Å². The number of amides is 2. The van der Waals surface area contributed by atoms with Crippen LogP contribution >= 0.6 is 15.9 Å². The normalized spacial score (nSPS) is 12.2. The van der Waals surface area contributed by atoms with E-state index in [1.165, 1.54) is 17.0 Å². The minimum Gasteiger partial charge on any atom is -0.352 e. The fourth-order valence-electron chi connectivity index (χ4n) is 5.00. The third kappa shape index (κ3) is 9.05. The Kier molecular flexibility index (Phi) is 11.6. The predicted octanol–water partition coefficient (Wildman–Crippen LogP) is 6.93. The molecule has 0 aliphatic rings. The number of benzene rings is 4. The molecule has 0 heterocycles. The van der Waals surface area contributed by atoms with Gasteiger partial charge in [-0.2, -0.15) is 0 Å². The Morgan fingerprint density at radius 3 is 1.89 bits per heavy atom. The molecule has 0 bridgehead atoms. The molecule has 1 N–H and O–H groups in total. The van der Waals surface area contributed by atoms with Crippen LogP contribution in [0.25, 0.3) is 0 Å². The summed E-state index contributed by atoms with van der Waals surface area (Å²) in [4.78, 5) is 29.9. The molecule has 4 aromatic rings. The zero-order valence-corrected chi connectivity index (χ0v) is 28.5. The monoisotopic (exact) mass is 689 g/mol. The lowest BCUT2D eigenvalue weighted by atomic mass is 10.0. The number of carbonyl (C=O) groups excluding carboxylic acids is 2. The van der Waals surface area contributed by atoms with Gasteiger partial charge in [-0.05, 0) is 72.9 Å². The molecule has 7 nitrogen and oxygen atoms in total. The van der Waals surface area contributed by atoms with E-state index in [-0.39, 0.29) is 35.7 Å². The van der Waals surface area contributed by atoms with E-state index < -0.39 is 28.5 Å². The first-order valence-corrected chi connectivity index (χ1v) is 17.2. The molecule has 0 unspecified atom stereocenters. The molecular weight excluding hydrogens is 650 g/mol. The number of nitrogens with zero attached hydrogens (tertiary/aromatic N) is 2. The van der Waals surface area contributed by atoms with Gasteiger partial charge < -0.3 is 10.2 Å². The topological polar surface area (TPSA) is 86.8 Å². The smallest absolute Gasteiger partial charge is 0.264 e. The Morgan fingerprint density at radius 1 is 0.756 bits per heavy atom. The van der Waals surface area contributed by atoms with Crippen LogP contribution in [0.1, 0.15) is 50.3 Å². The van der Waals surface area contributed by atoms with Crippen LogP contribution in [0.5, 0.6) is 0 Å². The second kappa shape index (κ2) is 15.4. The fraction of sp³-hybridized carbons (Fsp3) is 0.278. The lowest BCUT2D eigenvalue weighted by Gasteiger charge is -2.34. The van der Waals surface area contributed by atoms with Gasteiger partial charge in [0.05, 0.1) is 10.6 Å². The lowest BCUT2D eigenvalue weighted by Crippen LogP contribution is -2.54. The molecule has 4 rings (SSSR count). The minimum absolute atomic E-state index is 0.0728. The van der Waals surface area contributed by atoms with Crippen molar-refractivity contribution < 1.29 is 18.0 Å². The largest absolute Gasteiger partial charge is 0.352 e. The van der Waals surface area contributed by atoms with Crippen molar-refractivity contribution in [1.82, 2.24) is 10.2 Å². The lowest BCUT2D eigenvalue weighted by molar-refractivity contribution is -0.140. The SMILES string of the molecule is CC(C)NC(=O)[C@@H](Cc1ccccc1)N(Cc1ccc(Br)cc1)C(=O)CN(c1ccc(C(C)C)cc1)S(=O)(=O)c1ccccc1. The predicted molar refractivity (Wildman–Crippen MR) is 183 cm³/mol. The highest BCUT2D eigenvalue weighted by Crippen LogP contribution is 2.27. The number of sulfonamides is 1. The summed E-state index contributed by atoms with van der Waals surface area (Å²) in [6.45, 7) is 7.48. The number of carbonyl (C=O) groups is 2. The van der Waals surface area contributed by atoms with Gasteiger partial charge in [-0.25, -0.2) is 8.42 Å². The average Bonchev–Trinajstić information content (AvgIpc) is 3.03. The van der Waals surface area contributed by atoms with E-state index >= 15 is 0 Å². The first-order chi connectivity index (χ1) is 21.5. The van der Waals surface area contributed by atoms with E-state index in [2.05, 4.69) is 35.1 Å². The number of hydrogen-bond donors (Lipinski definition) is 1. The molecule has 2 amide bonds. The summed E-state index contributed by atoms with van der Waals surface area (Å²) in [7, 11) is -4.14. The maximum Gasteiger partial charge on any atom is 0.264 e. The Bertz CT molecular complexity index is 1660. The minimum atomic E-state index is -4.14. The van der Waals surface area contributed by atoms with E-state index in [1.54, 1.807) is 30.3 Å². The highest BCUT2D eigenvalue weighted by molar-refractivity contribution is 9.10. The average molecular weight is 691 g/mol. The summed E-state index contributed by atoms with van der Waals surface area (Å²) in [5.41, 5.74) is 3.10. The Morgan fingerprint density at radius 2 is 1.33 bits per heavy atom. The van der Waals surface area contributed by atoms with Gasteiger partial charge in [-0.3, -0.25) is 13.9 Å². The molecule has 9 heteroatoms. The second-order valence-electron chi connectivity index (χ2n) is 11.6. The van der Waals surface area contributed by atoms with E-state index in [9.17, 15) is 18.0 Å². The van der Waals surface area contributed by atoms with Crippen LogP contribution in [0.2, 0.25) is 0 Å². The molecule has 0 aliphatic carbocycles. The quantitative estimate of drug-likeness (QED) is 0.165. The molecular formula is C36H40BrN3O4S. The van der Waals surface area contributed by atoms with Crippen molar-refractivity contribution >= 4 is 43.5 Å². The molecule has 0 saturated carbocycles. The van der Waals surface area contributed by atoms with E-state index in [1.807, 2.05) is 80.6 Å². The molecule has 0 aromatic heterocycles. The molecule has 0 radical (unpaired) electrons. The first-order valence-electron chi connectivity index (χ1n) is 15.0. The van der Waals surface area contributed by atoms with Gasteiger partial charge in [0.15, 0.2) is 0 Å². The number of rotatable bonds is 13. The Labute approximate surface area is 275 Å². The van der Waals surface area contributed by atoms with Gasteiger partial charge in [0, 0.05) is 23.5 Å². The maximum atomic E-state index is 14.5. The second-order valence-corrected chi connectivity index (χ2v) is 14.4. The highest BCUT2D eigenvalue weighted by Gasteiger charge is 2.34. The standard InChI is InChI=1S/C36H40BrN3O4S/c1-26(2)30-17-21-32(22-18-30)40(45(43,44)33-13-9-6-10-14-33)25-35(41)39(24-29-15-19-31(37)20-16-29)34(36(42)38-27(3)4)23-28-11-7-5-8-12-28/h5-22,26-27,34H,23-25H2,1-4H3,(H,38,42)/t34-/m1/s1. The van der Waals surface area contributed by atoms with Crippen molar-refractivity contribution in [3.05, 3.63) is 130 Å². The molecule has 0 aliphatic heterocycles. The summed E-state index contributed by atoms with van der Waals surface area (Å²) >= 11 is 3.46. The van der Waals surface area contributed by atoms with Crippen molar-refractivity contribution in [2.45, 2.75) is 63.6 Å². The van der Waals surface area contributed by atoms with Crippen LogP contribution in [-0.4, -0.2) is 43.8 Å². The van der Waals surface area contributed by atoms with Crippen LogP contribution in [-0.2, 0) is 32.6 Å². The summed E-state index contributed by atoms with van der Waals surface area (Å²) in [5, 5.41) is 2.98. The molecule has 0 fully saturated rings. The van der Waals surface area contributed by atoms with Crippen molar-refractivity contribution in [3.8, 4) is 0 Å². The van der Waals surface area contributed by atoms with Crippen molar-refractivity contribution in [3.63, 3.8) is 0 Å². The number of anilines is 1. The first kappa shape index (κ1) is 33.9. The van der Waals surface area contributed by atoms with Crippen LogP contribution in [0, 0.1) is 0 Å². The van der Waals surface area contributed by atoms with Gasteiger partial charge in [0.2, 0.25) is 11.8 Å². The third-order valence-corrected chi connectivity index (χ3v) is 9.74. The zero-order chi connectivity index (χ0) is 32.6. The van der Waals surface area contributed by atoms with Crippen LogP contribution in [0.15, 0.2) is 119 Å². The Hall–Kier alpha value is -3.95. The fourth-order valence-corrected chi connectivity index (χ4v) is 6.69. The highest BCUT2D eigenvalue weighted by atomic mass is 79.9. The van der Waals surface area contributed by atoms with E-state index in [4.69, 9.17) is 0 Å². The molecule has 236 valence electrons. The van der Waals surface area contributed by atoms with E-state index in [0.717, 1.165) is 25.5 Å². The van der Waals surface area contributed by atoms with Gasteiger partial charge in [-0.1, -0.05) is 103 Å². The summed E-state index contributed by atoms with van der Waals surface area (Å²) in [6.07, 6.45) is 0.260. The third-order valence-electron chi connectivity index (χ3n) is 7.43. The molecule has 45 heavy (non-hydrogen) atoms. The number of halogens is 1. The summed E-state index contributed by atoms with van der Waals surface area (Å²) in [6, 6.07) is 31.3. The maximum absolute atomic E-state index is 14.5. The molecule has 0 saturated heterocycles. The van der Waals surface area contributed by atoms with Gasteiger partial charge in [0.1, 0.15) is 12.6 Å². The van der Waals surface area contributed by atoms with Gasteiger partial charge >= 0.3 is 0 Å². The Balaban J connectivity index is 1.80. The summed E-state index contributed by atoms with van der Waals surface area (Å²) in [5.74, 6) is -0.553. The van der Waals surface area contributed by atoms with Crippen LogP contribution in [0.3, 0.4) is 0 Å². The molecule has 0 spiro atoms. The van der Waals surface area contributed by atoms with Gasteiger partial charge in [0.25, 0.3) is 10.0 Å². The van der Waals surface area contributed by atoms with Crippen LogP contribution in [0.4, 0.5) is 5.69 Å². The zero-order valence-electron chi connectivity index (χ0n) is 26.1. The van der Waals surface area contributed by atoms with E-state index in [0.29, 0.717) is 5.69 Å². The van der Waals surface area contributed by atoms with Crippen LogP contribution < -0.4 is 9.62 Å². The van der Waals surface area contributed by atoms with Crippen molar-refractivity contribution in [2.75, 3.05) is 10.8 Å². The van der Waals surface area contributed by atoms with Gasteiger partial charge in [-0.15, -0.1) is 0 Å². The number of hydrogen-bond acceptors (Lipinski definition) is 4. The molecule has 4 aromatic carbocycles. The summed E-state index contributed by atoms with van der Waals surface area (Å²) < 4.78 is 30.3. The van der Waals surface area contributed by atoms with Crippen molar-refractivity contribution in [2.24, 2.45) is 0 Å². The number of nitrogens with one attached hydrogen (secondary N) is 1.